The van der Waals surface area contributed by atoms with Crippen molar-refractivity contribution in [2.24, 2.45) is 0 Å². The van der Waals surface area contributed by atoms with Crippen LogP contribution in [-0.2, 0) is 16.2 Å². The Balaban J connectivity index is 1.89. The molecule has 1 N–H and O–H groups in total. The fourth-order valence-corrected chi connectivity index (χ4v) is 4.56. The number of nitrogens with zero attached hydrogens (tertiary/aromatic N) is 2. The van der Waals surface area contributed by atoms with Crippen LogP contribution < -0.4 is 4.72 Å². The number of benzene rings is 2. The third-order valence-corrected chi connectivity index (χ3v) is 6.29. The Hall–Kier alpha value is -2.24. The third-order valence-electron chi connectivity index (χ3n) is 4.39. The van der Waals surface area contributed by atoms with Gasteiger partial charge < -0.3 is 0 Å². The molecular formula is C18H15ClF5N3O2S. The molecule has 0 amide bonds. The number of aromatic nitrogens is 2. The van der Waals surface area contributed by atoms with Gasteiger partial charge in [-0.25, -0.2) is 18.1 Å². The largest absolute Gasteiger partial charge is 0.416 e. The summed E-state index contributed by atoms with van der Waals surface area (Å²) in [5.41, 5.74) is -0.693. The number of hydrogen-bond acceptors (Lipinski definition) is 3. The van der Waals surface area contributed by atoms with Gasteiger partial charge in [0.25, 0.3) is 0 Å². The van der Waals surface area contributed by atoms with Crippen LogP contribution in [0.25, 0.3) is 11.0 Å². The Kier molecular flexibility index (Phi) is 6.08. The van der Waals surface area contributed by atoms with Crippen LogP contribution in [0.5, 0.6) is 0 Å². The van der Waals surface area contributed by atoms with Crippen LogP contribution in [0, 0.1) is 0 Å². The maximum Gasteiger partial charge on any atom is 0.416 e. The molecule has 0 unspecified atom stereocenters. The van der Waals surface area contributed by atoms with Crippen LogP contribution in [0.4, 0.5) is 22.0 Å². The number of rotatable bonds is 6. The molecule has 0 spiro atoms. The van der Waals surface area contributed by atoms with Crippen LogP contribution in [0.15, 0.2) is 47.4 Å². The van der Waals surface area contributed by atoms with E-state index in [2.05, 4.69) is 9.71 Å². The van der Waals surface area contributed by atoms with E-state index in [1.165, 1.54) is 19.1 Å². The lowest BCUT2D eigenvalue weighted by molar-refractivity contribution is -0.137. The summed E-state index contributed by atoms with van der Waals surface area (Å²) < 4.78 is 93.7. The van der Waals surface area contributed by atoms with Crippen molar-refractivity contribution in [2.75, 3.05) is 6.54 Å². The first-order valence-electron chi connectivity index (χ1n) is 8.53. The molecule has 162 valence electrons. The second kappa shape index (κ2) is 8.12. The van der Waals surface area contributed by atoms with E-state index in [0.29, 0.717) is 22.2 Å². The molecule has 3 aromatic rings. The molecule has 0 aliphatic heterocycles. The molecule has 12 heteroatoms. The Morgan fingerprint density at radius 3 is 2.47 bits per heavy atom. The van der Waals surface area contributed by atoms with Gasteiger partial charge in [-0.15, -0.1) is 0 Å². The summed E-state index contributed by atoms with van der Waals surface area (Å²) in [6, 6.07) is 8.10. The quantitative estimate of drug-likeness (QED) is 0.508. The molecule has 1 heterocycles. The highest BCUT2D eigenvalue weighted by molar-refractivity contribution is 7.89. The molecule has 0 saturated carbocycles. The van der Waals surface area contributed by atoms with Crippen molar-refractivity contribution < 1.29 is 30.4 Å². The number of sulfonamides is 1. The van der Waals surface area contributed by atoms with E-state index in [4.69, 9.17) is 11.6 Å². The van der Waals surface area contributed by atoms with E-state index in [0.717, 1.165) is 6.07 Å². The van der Waals surface area contributed by atoms with E-state index in [-0.39, 0.29) is 17.9 Å². The van der Waals surface area contributed by atoms with Crippen LogP contribution in [0.2, 0.25) is 5.02 Å². The summed E-state index contributed by atoms with van der Waals surface area (Å²) in [5, 5.41) is -0.400. The van der Waals surface area contributed by atoms with Crippen molar-refractivity contribution in [3.05, 3.63) is 58.9 Å². The van der Waals surface area contributed by atoms with Crippen molar-refractivity contribution in [1.29, 1.82) is 0 Å². The van der Waals surface area contributed by atoms with Gasteiger partial charge in [-0.2, -0.15) is 22.0 Å². The fourth-order valence-electron chi connectivity index (χ4n) is 2.91. The highest BCUT2D eigenvalue weighted by Gasteiger charge is 2.33. The monoisotopic (exact) mass is 467 g/mol. The molecule has 1 aromatic heterocycles. The summed E-state index contributed by atoms with van der Waals surface area (Å²) in [6.07, 6.45) is -4.76. The average molecular weight is 468 g/mol. The molecule has 0 bridgehead atoms. The first-order chi connectivity index (χ1) is 13.9. The van der Waals surface area contributed by atoms with E-state index in [1.807, 2.05) is 0 Å². The normalized spacial score (nSPS) is 13.9. The van der Waals surface area contributed by atoms with E-state index < -0.39 is 44.1 Å². The fraction of sp³-hybridized carbons (Fsp3) is 0.278. The lowest BCUT2D eigenvalue weighted by atomic mass is 10.2. The molecule has 0 aliphatic rings. The highest BCUT2D eigenvalue weighted by atomic mass is 35.5. The molecule has 5 nitrogen and oxygen atoms in total. The molecule has 3 rings (SSSR count). The summed E-state index contributed by atoms with van der Waals surface area (Å²) in [7, 11) is -4.45. The van der Waals surface area contributed by atoms with Crippen LogP contribution in [-0.4, -0.2) is 24.5 Å². The van der Waals surface area contributed by atoms with Crippen LogP contribution >= 0.6 is 11.6 Å². The standard InChI is InChI=1S/C18H15ClF5N3O2S/c1-10(16-26-13-4-2-3-5-14(13)27(16)17(20)21)9-25-30(28,29)15-8-11(18(22,23)24)6-7-12(15)19/h2-8,10,17,25H,9H2,1H3/t10-/m1/s1. The number of nitrogens with one attached hydrogen (secondary N) is 1. The maximum atomic E-state index is 13.6. The second-order valence-corrected chi connectivity index (χ2v) is 8.64. The van der Waals surface area contributed by atoms with E-state index >= 15 is 0 Å². The number of halogens is 6. The first-order valence-corrected chi connectivity index (χ1v) is 10.4. The lowest BCUT2D eigenvalue weighted by Gasteiger charge is -2.16. The van der Waals surface area contributed by atoms with Crippen LogP contribution in [0.3, 0.4) is 0 Å². The number of hydrogen-bond donors (Lipinski definition) is 1. The topological polar surface area (TPSA) is 64.0 Å². The molecule has 0 saturated heterocycles. The minimum absolute atomic E-state index is 0.0657. The number of alkyl halides is 5. The molecule has 0 fully saturated rings. The summed E-state index contributed by atoms with van der Waals surface area (Å²) in [5.74, 6) is -0.880. The number of para-hydroxylation sites is 2. The van der Waals surface area contributed by atoms with Gasteiger partial charge in [0, 0.05) is 12.5 Å². The molecule has 0 aliphatic carbocycles. The van der Waals surface area contributed by atoms with Gasteiger partial charge in [0.1, 0.15) is 10.7 Å². The van der Waals surface area contributed by atoms with Crippen molar-refractivity contribution in [3.8, 4) is 0 Å². The van der Waals surface area contributed by atoms with Gasteiger partial charge >= 0.3 is 12.7 Å². The summed E-state index contributed by atoms with van der Waals surface area (Å²) >= 11 is 5.78. The third kappa shape index (κ3) is 4.42. The second-order valence-electron chi connectivity index (χ2n) is 6.50. The van der Waals surface area contributed by atoms with E-state index in [1.54, 1.807) is 12.1 Å². The first kappa shape index (κ1) is 22.4. The maximum absolute atomic E-state index is 13.6. The zero-order valence-corrected chi connectivity index (χ0v) is 16.9. The zero-order valence-electron chi connectivity index (χ0n) is 15.3. The molecule has 1 atom stereocenters. The Bertz CT molecular complexity index is 1180. The van der Waals surface area contributed by atoms with E-state index in [9.17, 15) is 30.4 Å². The minimum atomic E-state index is -4.76. The van der Waals surface area contributed by atoms with Crippen molar-refractivity contribution in [2.45, 2.75) is 30.5 Å². The van der Waals surface area contributed by atoms with Crippen molar-refractivity contribution in [3.63, 3.8) is 0 Å². The van der Waals surface area contributed by atoms with Gasteiger partial charge in [-0.1, -0.05) is 30.7 Å². The number of imidazole rings is 1. The highest BCUT2D eigenvalue weighted by Crippen LogP contribution is 2.33. The Morgan fingerprint density at radius 1 is 1.17 bits per heavy atom. The van der Waals surface area contributed by atoms with Gasteiger partial charge in [-0.05, 0) is 30.3 Å². The van der Waals surface area contributed by atoms with Crippen molar-refractivity contribution >= 4 is 32.7 Å². The predicted molar refractivity (Wildman–Crippen MR) is 101 cm³/mol. The van der Waals surface area contributed by atoms with Gasteiger partial charge in [0.2, 0.25) is 10.0 Å². The predicted octanol–water partition coefficient (Wildman–Crippen LogP) is 5.19. The lowest BCUT2D eigenvalue weighted by Crippen LogP contribution is -2.29. The van der Waals surface area contributed by atoms with Crippen molar-refractivity contribution in [1.82, 2.24) is 14.3 Å². The minimum Gasteiger partial charge on any atom is -0.270 e. The van der Waals surface area contributed by atoms with Gasteiger partial charge in [-0.3, -0.25) is 4.57 Å². The van der Waals surface area contributed by atoms with Gasteiger partial charge in [0.05, 0.1) is 21.6 Å². The molecule has 30 heavy (non-hydrogen) atoms. The molecular weight excluding hydrogens is 453 g/mol. The zero-order chi connectivity index (χ0) is 22.3. The summed E-state index contributed by atoms with van der Waals surface area (Å²) in [4.78, 5) is 3.39. The summed E-state index contributed by atoms with van der Waals surface area (Å²) in [6.45, 7) is -1.83. The van der Waals surface area contributed by atoms with Gasteiger partial charge in [0.15, 0.2) is 0 Å². The molecule has 0 radical (unpaired) electrons. The Labute approximate surface area is 173 Å². The molecule has 2 aromatic carbocycles. The Morgan fingerprint density at radius 2 is 1.83 bits per heavy atom. The number of fused-ring (bicyclic) bond motifs is 1. The SMILES string of the molecule is C[C@H](CNS(=O)(=O)c1cc(C(F)(F)F)ccc1Cl)c1nc2ccccc2n1C(F)F. The van der Waals surface area contributed by atoms with Crippen LogP contribution in [0.1, 0.15) is 30.8 Å². The average Bonchev–Trinajstić information content (AvgIpc) is 3.05. The smallest absolute Gasteiger partial charge is 0.270 e.